The van der Waals surface area contributed by atoms with Crippen LogP contribution >= 0.6 is 0 Å². The van der Waals surface area contributed by atoms with E-state index in [0.29, 0.717) is 12.8 Å². The Morgan fingerprint density at radius 1 is 0.561 bits per heavy atom. The third kappa shape index (κ3) is 9.68. The minimum atomic E-state index is -1.32. The molecule has 0 saturated heterocycles. The molecule has 6 rings (SSSR count). The van der Waals surface area contributed by atoms with E-state index < -0.39 is 22.8 Å². The number of carboxylic acids is 2. The zero-order valence-corrected chi connectivity index (χ0v) is 34.3. The fourth-order valence-electron chi connectivity index (χ4n) is 9.53. The summed E-state index contributed by atoms with van der Waals surface area (Å²) in [7, 11) is 0. The SMILES string of the molecule is CCCCCc1ccc(-c2ccc(C3C(C)CCCC3(C#N)C(=O)O)cc2)cc1.CCCCc1ccc(-c2ccc(C3C(C)CCCC3(C#N)C(=O)O)cc2)cc1. The summed E-state index contributed by atoms with van der Waals surface area (Å²) in [5.41, 5.74) is 6.57. The van der Waals surface area contributed by atoms with Gasteiger partial charge in [-0.15, -0.1) is 0 Å². The number of hydrogen-bond donors (Lipinski definition) is 2. The second-order valence-electron chi connectivity index (χ2n) is 16.7. The van der Waals surface area contributed by atoms with Crippen molar-refractivity contribution < 1.29 is 19.8 Å². The van der Waals surface area contributed by atoms with Crippen LogP contribution in [0.3, 0.4) is 0 Å². The molecular formula is C51H60N2O4. The molecule has 298 valence electrons. The molecule has 0 spiro atoms. The molecule has 2 aliphatic rings. The van der Waals surface area contributed by atoms with Crippen LogP contribution in [0, 0.1) is 45.3 Å². The van der Waals surface area contributed by atoms with Crippen LogP contribution in [0.2, 0.25) is 0 Å². The van der Waals surface area contributed by atoms with Crippen molar-refractivity contribution in [3.05, 3.63) is 119 Å². The Morgan fingerprint density at radius 3 is 1.21 bits per heavy atom. The summed E-state index contributed by atoms with van der Waals surface area (Å²) in [5.74, 6) is -2.17. The summed E-state index contributed by atoms with van der Waals surface area (Å²) in [4.78, 5) is 24.0. The smallest absolute Gasteiger partial charge is 0.324 e. The number of carbonyl (C=O) groups is 2. The molecule has 4 aromatic rings. The number of aliphatic carboxylic acids is 2. The maximum absolute atomic E-state index is 12.0. The van der Waals surface area contributed by atoms with Crippen LogP contribution in [0.15, 0.2) is 97.1 Å². The van der Waals surface area contributed by atoms with E-state index in [1.165, 1.54) is 43.2 Å². The van der Waals surface area contributed by atoms with Crippen molar-refractivity contribution in [3.63, 3.8) is 0 Å². The van der Waals surface area contributed by atoms with Crippen LogP contribution in [0.1, 0.15) is 132 Å². The minimum Gasteiger partial charge on any atom is -0.480 e. The lowest BCUT2D eigenvalue weighted by Gasteiger charge is -2.40. The van der Waals surface area contributed by atoms with E-state index in [2.05, 4.69) is 113 Å². The predicted octanol–water partition coefficient (Wildman–Crippen LogP) is 12.8. The molecule has 0 heterocycles. The Labute approximate surface area is 340 Å². The van der Waals surface area contributed by atoms with Gasteiger partial charge >= 0.3 is 11.9 Å². The highest BCUT2D eigenvalue weighted by molar-refractivity contribution is 5.81. The molecule has 6 atom stereocenters. The Hall–Kier alpha value is -5.20. The maximum atomic E-state index is 12.0. The van der Waals surface area contributed by atoms with Crippen LogP contribution in [0.5, 0.6) is 0 Å². The van der Waals surface area contributed by atoms with Gasteiger partial charge < -0.3 is 10.2 Å². The fraction of sp³-hybridized carbons (Fsp3) is 0.451. The van der Waals surface area contributed by atoms with Crippen molar-refractivity contribution in [2.75, 3.05) is 0 Å². The quantitative estimate of drug-likeness (QED) is 0.131. The molecule has 2 N–H and O–H groups in total. The van der Waals surface area contributed by atoms with E-state index in [4.69, 9.17) is 0 Å². The van der Waals surface area contributed by atoms with Gasteiger partial charge in [-0.3, -0.25) is 9.59 Å². The van der Waals surface area contributed by atoms with Gasteiger partial charge in [0.25, 0.3) is 0 Å². The van der Waals surface area contributed by atoms with Crippen molar-refractivity contribution in [2.45, 2.75) is 123 Å². The van der Waals surface area contributed by atoms with Gasteiger partial charge in [0.2, 0.25) is 0 Å². The van der Waals surface area contributed by atoms with Crippen molar-refractivity contribution in [1.29, 1.82) is 10.5 Å². The molecule has 2 saturated carbocycles. The zero-order chi connectivity index (χ0) is 41.0. The topological polar surface area (TPSA) is 122 Å². The highest BCUT2D eigenvalue weighted by Gasteiger charge is 2.52. The summed E-state index contributed by atoms with van der Waals surface area (Å²) < 4.78 is 0. The molecule has 0 amide bonds. The lowest BCUT2D eigenvalue weighted by atomic mass is 9.60. The fourth-order valence-corrected chi connectivity index (χ4v) is 9.53. The Morgan fingerprint density at radius 2 is 0.895 bits per heavy atom. The zero-order valence-electron chi connectivity index (χ0n) is 34.3. The van der Waals surface area contributed by atoms with E-state index in [1.807, 2.05) is 24.3 Å². The summed E-state index contributed by atoms with van der Waals surface area (Å²) in [6, 6.07) is 38.1. The highest BCUT2D eigenvalue weighted by Crippen LogP contribution is 2.52. The molecule has 6 heteroatoms. The van der Waals surface area contributed by atoms with Crippen molar-refractivity contribution in [3.8, 4) is 34.4 Å². The van der Waals surface area contributed by atoms with Gasteiger partial charge in [-0.1, -0.05) is 157 Å². The minimum absolute atomic E-state index is 0.174. The molecule has 6 unspecified atom stereocenters. The van der Waals surface area contributed by atoms with Gasteiger partial charge in [-0.05, 0) is 108 Å². The third-order valence-corrected chi connectivity index (χ3v) is 12.8. The van der Waals surface area contributed by atoms with Crippen LogP contribution in [-0.4, -0.2) is 22.2 Å². The number of aryl methyl sites for hydroxylation is 2. The average molecular weight is 765 g/mol. The standard InChI is InChI=1S/C26H31NO2.C25H29NO2/c1-3-4-5-8-20-9-11-21(12-10-20)22-13-15-23(16-14-22)24-19(2)7-6-17-26(24,18-27)25(28)29;1-3-4-7-19-8-10-20(11-9-19)21-12-14-22(15-13-21)23-18(2)6-5-16-25(23,17-26)24(27)28/h9-16,19,24H,3-8,17H2,1-2H3,(H,28,29);8-15,18,23H,3-7,16H2,1-2H3,(H,27,28). The average Bonchev–Trinajstić information content (AvgIpc) is 3.23. The monoisotopic (exact) mass is 764 g/mol. The Balaban J connectivity index is 0.000000218. The van der Waals surface area contributed by atoms with Crippen molar-refractivity contribution >= 4 is 11.9 Å². The van der Waals surface area contributed by atoms with E-state index in [9.17, 15) is 30.3 Å². The number of nitrogens with zero attached hydrogens (tertiary/aromatic N) is 2. The number of rotatable bonds is 13. The van der Waals surface area contributed by atoms with Gasteiger partial charge in [0, 0.05) is 11.8 Å². The first-order chi connectivity index (χ1) is 27.5. The first kappa shape index (κ1) is 42.9. The van der Waals surface area contributed by atoms with Crippen LogP contribution in [-0.2, 0) is 22.4 Å². The normalized spacial score (nSPS) is 24.2. The number of hydrogen-bond acceptors (Lipinski definition) is 4. The second-order valence-corrected chi connectivity index (χ2v) is 16.7. The first-order valence-electron chi connectivity index (χ1n) is 21.2. The summed E-state index contributed by atoms with van der Waals surface area (Å²) in [5, 5.41) is 39.2. The Bertz CT molecular complexity index is 2010. The molecule has 0 radical (unpaired) electrons. The summed E-state index contributed by atoms with van der Waals surface area (Å²) >= 11 is 0. The molecule has 4 aromatic carbocycles. The third-order valence-electron chi connectivity index (χ3n) is 12.8. The molecule has 0 bridgehead atoms. The molecule has 2 fully saturated rings. The number of carboxylic acid groups (broad SMARTS) is 2. The summed E-state index contributed by atoms with van der Waals surface area (Å²) in [6.07, 6.45) is 12.7. The molecule has 2 aliphatic carbocycles. The van der Waals surface area contributed by atoms with E-state index >= 15 is 0 Å². The number of benzene rings is 4. The van der Waals surface area contributed by atoms with E-state index in [1.54, 1.807) is 0 Å². The molecule has 57 heavy (non-hydrogen) atoms. The van der Waals surface area contributed by atoms with Crippen molar-refractivity contribution in [1.82, 2.24) is 0 Å². The predicted molar refractivity (Wildman–Crippen MR) is 228 cm³/mol. The lowest BCUT2D eigenvalue weighted by molar-refractivity contribution is -0.150. The van der Waals surface area contributed by atoms with Gasteiger partial charge in [0.15, 0.2) is 10.8 Å². The highest BCUT2D eigenvalue weighted by atomic mass is 16.4. The maximum Gasteiger partial charge on any atom is 0.324 e. The van der Waals surface area contributed by atoms with Gasteiger partial charge in [-0.2, -0.15) is 10.5 Å². The first-order valence-corrected chi connectivity index (χ1v) is 21.2. The number of nitriles is 2. The largest absolute Gasteiger partial charge is 0.480 e. The molecule has 0 aromatic heterocycles. The van der Waals surface area contributed by atoms with Crippen LogP contribution < -0.4 is 0 Å². The van der Waals surface area contributed by atoms with Gasteiger partial charge in [0.1, 0.15) is 0 Å². The molecule has 6 nitrogen and oxygen atoms in total. The molecular weight excluding hydrogens is 705 g/mol. The van der Waals surface area contributed by atoms with Gasteiger partial charge in [-0.25, -0.2) is 0 Å². The van der Waals surface area contributed by atoms with Gasteiger partial charge in [0.05, 0.1) is 12.1 Å². The lowest BCUT2D eigenvalue weighted by Crippen LogP contribution is -2.42. The number of unbranched alkanes of at least 4 members (excludes halogenated alkanes) is 3. The summed E-state index contributed by atoms with van der Waals surface area (Å²) in [6.45, 7) is 8.57. The van der Waals surface area contributed by atoms with Crippen LogP contribution in [0.4, 0.5) is 0 Å². The molecule has 0 aliphatic heterocycles. The van der Waals surface area contributed by atoms with Crippen molar-refractivity contribution in [2.24, 2.45) is 22.7 Å². The second kappa shape index (κ2) is 19.8. The van der Waals surface area contributed by atoms with E-state index in [0.717, 1.165) is 71.9 Å². The Kier molecular flexibility index (Phi) is 14.9. The van der Waals surface area contributed by atoms with E-state index in [-0.39, 0.29) is 23.7 Å². The van der Waals surface area contributed by atoms with Crippen LogP contribution in [0.25, 0.3) is 22.3 Å².